The zero-order valence-corrected chi connectivity index (χ0v) is 23.8. The van der Waals surface area contributed by atoms with Crippen molar-refractivity contribution in [2.45, 2.75) is 66.1 Å². The number of rotatable bonds is 7. The van der Waals surface area contributed by atoms with Gasteiger partial charge in [-0.25, -0.2) is 0 Å². The number of nitrogens with zero attached hydrogens (tertiary/aromatic N) is 4. The molecule has 1 aliphatic rings. The molecule has 0 spiro atoms. The zero-order valence-electron chi connectivity index (χ0n) is 22.3. The SMILES string of the molecule is C[C@@H]1C[C@@](C)(C(=O)O)CC[C@@H]1n1ncc(C(=O)N(CC(=O)c2c(Cl)cncc2Cl)CC(C)(C)C)c1C(F)(F)F. The average molecular weight is 591 g/mol. The highest BCUT2D eigenvalue weighted by Crippen LogP contribution is 2.46. The lowest BCUT2D eigenvalue weighted by Gasteiger charge is -2.39. The zero-order chi connectivity index (χ0) is 29.5. The van der Waals surface area contributed by atoms with Gasteiger partial charge in [0.2, 0.25) is 0 Å². The molecular formula is C26H31Cl2F3N4O4. The molecule has 1 saturated carbocycles. The Labute approximate surface area is 234 Å². The van der Waals surface area contributed by atoms with Crippen molar-refractivity contribution in [3.05, 3.63) is 45.5 Å². The van der Waals surface area contributed by atoms with Crippen LogP contribution < -0.4 is 0 Å². The Balaban J connectivity index is 2.02. The Morgan fingerprint density at radius 3 is 2.23 bits per heavy atom. The molecule has 13 heteroatoms. The third-order valence-electron chi connectivity index (χ3n) is 6.97. The van der Waals surface area contributed by atoms with Gasteiger partial charge in [0.15, 0.2) is 11.5 Å². The Morgan fingerprint density at radius 2 is 1.74 bits per heavy atom. The van der Waals surface area contributed by atoms with Gasteiger partial charge < -0.3 is 10.0 Å². The van der Waals surface area contributed by atoms with Crippen molar-refractivity contribution in [3.63, 3.8) is 0 Å². The molecule has 3 rings (SSSR count). The van der Waals surface area contributed by atoms with Crippen LogP contribution in [0.5, 0.6) is 0 Å². The fraction of sp³-hybridized carbons (Fsp3) is 0.577. The number of ketones is 1. The van der Waals surface area contributed by atoms with Crippen molar-refractivity contribution < 1.29 is 32.7 Å². The fourth-order valence-corrected chi connectivity index (χ4v) is 5.76. The molecule has 0 aromatic carbocycles. The molecule has 0 unspecified atom stereocenters. The first-order valence-corrected chi connectivity index (χ1v) is 13.1. The summed E-state index contributed by atoms with van der Waals surface area (Å²) in [6.45, 7) is 7.98. The molecule has 2 heterocycles. The second kappa shape index (κ2) is 11.1. The van der Waals surface area contributed by atoms with E-state index in [4.69, 9.17) is 23.2 Å². The highest BCUT2D eigenvalue weighted by Gasteiger charge is 2.47. The van der Waals surface area contributed by atoms with Gasteiger partial charge in [-0.15, -0.1) is 0 Å². The molecule has 1 fully saturated rings. The summed E-state index contributed by atoms with van der Waals surface area (Å²) in [5.41, 5.74) is -3.63. The summed E-state index contributed by atoms with van der Waals surface area (Å²) < 4.78 is 44.2. The molecule has 2 aromatic rings. The molecule has 39 heavy (non-hydrogen) atoms. The Hall–Kier alpha value is -2.66. The number of carbonyl (C=O) groups is 3. The van der Waals surface area contributed by atoms with E-state index in [1.807, 2.05) is 0 Å². The lowest BCUT2D eigenvalue weighted by atomic mass is 9.69. The number of hydrogen-bond donors (Lipinski definition) is 1. The number of alkyl halides is 3. The summed E-state index contributed by atoms with van der Waals surface area (Å²) in [6.07, 6.45) is -1.18. The molecule has 214 valence electrons. The van der Waals surface area contributed by atoms with E-state index in [9.17, 15) is 32.7 Å². The summed E-state index contributed by atoms with van der Waals surface area (Å²) >= 11 is 12.2. The first kappa shape index (κ1) is 30.9. The average Bonchev–Trinajstić information content (AvgIpc) is 3.22. The van der Waals surface area contributed by atoms with Crippen LogP contribution in [0.4, 0.5) is 13.2 Å². The van der Waals surface area contributed by atoms with Gasteiger partial charge in [0.05, 0.1) is 45.4 Å². The number of aliphatic carboxylic acids is 1. The van der Waals surface area contributed by atoms with Crippen LogP contribution in [0.25, 0.3) is 0 Å². The molecule has 0 radical (unpaired) electrons. The molecule has 0 bridgehead atoms. The molecule has 2 aromatic heterocycles. The van der Waals surface area contributed by atoms with Crippen LogP contribution >= 0.6 is 23.2 Å². The van der Waals surface area contributed by atoms with Gasteiger partial charge in [-0.1, -0.05) is 50.9 Å². The van der Waals surface area contributed by atoms with Crippen LogP contribution in [0, 0.1) is 16.7 Å². The number of carboxylic acid groups (broad SMARTS) is 1. The largest absolute Gasteiger partial charge is 0.481 e. The summed E-state index contributed by atoms with van der Waals surface area (Å²) in [5.74, 6) is -3.12. The van der Waals surface area contributed by atoms with Gasteiger partial charge in [0.25, 0.3) is 5.91 Å². The molecule has 0 saturated heterocycles. The highest BCUT2D eigenvalue weighted by atomic mass is 35.5. The Kier molecular flexibility index (Phi) is 8.77. The second-order valence-corrected chi connectivity index (χ2v) is 12.4. The minimum Gasteiger partial charge on any atom is -0.481 e. The third kappa shape index (κ3) is 6.74. The van der Waals surface area contributed by atoms with Gasteiger partial charge in [-0.3, -0.25) is 24.0 Å². The normalized spacial score (nSPS) is 22.0. The lowest BCUT2D eigenvalue weighted by molar-refractivity contribution is -0.153. The van der Waals surface area contributed by atoms with E-state index in [0.29, 0.717) is 0 Å². The number of amides is 1. The van der Waals surface area contributed by atoms with E-state index in [0.717, 1.165) is 15.8 Å². The molecule has 1 amide bonds. The van der Waals surface area contributed by atoms with Gasteiger partial charge in [0, 0.05) is 18.9 Å². The quantitative estimate of drug-likeness (QED) is 0.373. The van der Waals surface area contributed by atoms with Crippen molar-refractivity contribution in [1.82, 2.24) is 19.7 Å². The smallest absolute Gasteiger partial charge is 0.433 e. The predicted octanol–water partition coefficient (Wildman–Crippen LogP) is 6.43. The maximum atomic E-state index is 14.5. The second-order valence-electron chi connectivity index (χ2n) is 11.6. The number of pyridine rings is 1. The first-order chi connectivity index (χ1) is 17.9. The molecule has 1 aliphatic carbocycles. The van der Waals surface area contributed by atoms with Crippen molar-refractivity contribution in [2.24, 2.45) is 16.7 Å². The number of aromatic nitrogens is 3. The van der Waals surface area contributed by atoms with Gasteiger partial charge in [0.1, 0.15) is 0 Å². The van der Waals surface area contributed by atoms with Crippen molar-refractivity contribution in [3.8, 4) is 0 Å². The topological polar surface area (TPSA) is 105 Å². The van der Waals surface area contributed by atoms with E-state index in [-0.39, 0.29) is 41.4 Å². The Bertz CT molecular complexity index is 1250. The van der Waals surface area contributed by atoms with Crippen LogP contribution in [0.15, 0.2) is 18.6 Å². The molecular weight excluding hydrogens is 560 g/mol. The maximum absolute atomic E-state index is 14.5. The Morgan fingerprint density at radius 1 is 1.15 bits per heavy atom. The number of carboxylic acids is 1. The summed E-state index contributed by atoms with van der Waals surface area (Å²) in [4.78, 5) is 43.3. The molecule has 0 aliphatic heterocycles. The van der Waals surface area contributed by atoms with Crippen LogP contribution in [0.3, 0.4) is 0 Å². The minimum absolute atomic E-state index is 0.0425. The van der Waals surface area contributed by atoms with Crippen molar-refractivity contribution >= 4 is 40.9 Å². The van der Waals surface area contributed by atoms with Crippen molar-refractivity contribution in [2.75, 3.05) is 13.1 Å². The summed E-state index contributed by atoms with van der Waals surface area (Å²) in [5, 5.41) is 13.5. The van der Waals surface area contributed by atoms with E-state index >= 15 is 0 Å². The van der Waals surface area contributed by atoms with Crippen LogP contribution in [-0.2, 0) is 11.0 Å². The highest BCUT2D eigenvalue weighted by molar-refractivity contribution is 6.39. The van der Waals surface area contributed by atoms with E-state index in [1.54, 1.807) is 34.6 Å². The molecule has 8 nitrogen and oxygen atoms in total. The van der Waals surface area contributed by atoms with Crippen LogP contribution in [0.1, 0.15) is 86.3 Å². The first-order valence-electron chi connectivity index (χ1n) is 12.4. The third-order valence-corrected chi connectivity index (χ3v) is 7.54. The number of carbonyl (C=O) groups excluding carboxylic acids is 2. The number of halogens is 5. The number of hydrogen-bond acceptors (Lipinski definition) is 5. The van der Waals surface area contributed by atoms with Crippen LogP contribution in [0.2, 0.25) is 10.0 Å². The van der Waals surface area contributed by atoms with Gasteiger partial charge >= 0.3 is 12.1 Å². The van der Waals surface area contributed by atoms with E-state index in [1.165, 1.54) is 12.4 Å². The summed E-state index contributed by atoms with van der Waals surface area (Å²) in [7, 11) is 0. The minimum atomic E-state index is -4.94. The molecule has 1 N–H and O–H groups in total. The van der Waals surface area contributed by atoms with Gasteiger partial charge in [-0.2, -0.15) is 18.3 Å². The summed E-state index contributed by atoms with van der Waals surface area (Å²) in [6, 6.07) is -0.761. The predicted molar refractivity (Wildman–Crippen MR) is 139 cm³/mol. The van der Waals surface area contributed by atoms with Crippen molar-refractivity contribution in [1.29, 1.82) is 0 Å². The molecule has 3 atom stereocenters. The van der Waals surface area contributed by atoms with Crippen LogP contribution in [-0.4, -0.2) is 55.5 Å². The van der Waals surface area contributed by atoms with E-state index < -0.39 is 64.4 Å². The van der Waals surface area contributed by atoms with E-state index in [2.05, 4.69) is 10.1 Å². The van der Waals surface area contributed by atoms with Gasteiger partial charge in [-0.05, 0) is 37.5 Å². The maximum Gasteiger partial charge on any atom is 0.433 e. The standard InChI is InChI=1S/C26H31Cl2F3N4O4/c1-14-8-25(5,23(38)39)7-6-18(14)35-21(26(29,30)31)15(9-33-35)22(37)34(13-24(2,3)4)12-19(36)20-16(27)10-32-11-17(20)28/h9-11,14,18H,6-8,12-13H2,1-5H3,(H,38,39)/t14-,18+,25+/m1/s1. The fourth-order valence-electron chi connectivity index (χ4n) is 5.18. The monoisotopic (exact) mass is 590 g/mol. The lowest BCUT2D eigenvalue weighted by Crippen LogP contribution is -2.42. The number of Topliss-reactive ketones (excluding diaryl/α,β-unsaturated/α-hetero) is 1.